The van der Waals surface area contributed by atoms with Crippen LogP contribution in [0.4, 0.5) is 0 Å². The zero-order valence-corrected chi connectivity index (χ0v) is 11.6. The van der Waals surface area contributed by atoms with Gasteiger partial charge in [0.2, 0.25) is 0 Å². The molecule has 0 unspecified atom stereocenters. The number of hydrogen-bond donors (Lipinski definition) is 0. The minimum absolute atomic E-state index is 0.120. The fraction of sp³-hybridized carbons (Fsp3) is 0.500. The van der Waals surface area contributed by atoms with Crippen LogP contribution in [0.2, 0.25) is 0 Å². The Bertz CT molecular complexity index is 519. The summed E-state index contributed by atoms with van der Waals surface area (Å²) in [5.74, 6) is 1.01. The van der Waals surface area contributed by atoms with Gasteiger partial charge >= 0.3 is 0 Å². The fourth-order valence-electron chi connectivity index (χ4n) is 2.29. The summed E-state index contributed by atoms with van der Waals surface area (Å²) < 4.78 is 4.17. The van der Waals surface area contributed by atoms with Crippen LogP contribution >= 0.6 is 0 Å². The predicted molar refractivity (Wildman–Crippen MR) is 70.7 cm³/mol. The Hall–Kier alpha value is -1.51. The van der Waals surface area contributed by atoms with Crippen molar-refractivity contribution in [3.05, 3.63) is 35.3 Å². The van der Waals surface area contributed by atoms with Gasteiger partial charge in [-0.3, -0.25) is 4.68 Å². The molecule has 0 aliphatic heterocycles. The highest BCUT2D eigenvalue weighted by atomic mass is 15.3. The van der Waals surface area contributed by atoms with Crippen LogP contribution in [0.15, 0.2) is 18.2 Å². The summed E-state index contributed by atoms with van der Waals surface area (Å²) in [6, 6.07) is 6.43. The summed E-state index contributed by atoms with van der Waals surface area (Å²) in [5, 5.41) is 4.62. The molecule has 0 saturated carbocycles. The second kappa shape index (κ2) is 3.76. The van der Waals surface area contributed by atoms with Crippen molar-refractivity contribution in [2.75, 3.05) is 0 Å². The van der Waals surface area contributed by atoms with Crippen LogP contribution in [0.25, 0.3) is 5.82 Å². The van der Waals surface area contributed by atoms with E-state index >= 15 is 0 Å². The van der Waals surface area contributed by atoms with Gasteiger partial charge in [0.25, 0.3) is 0 Å². The van der Waals surface area contributed by atoms with Crippen LogP contribution in [0.5, 0.6) is 0 Å². The molecular formula is C14H21N3. The molecule has 0 bridgehead atoms. The molecule has 0 fully saturated rings. The summed E-state index contributed by atoms with van der Waals surface area (Å²) in [6.45, 7) is 10.9. The van der Waals surface area contributed by atoms with Crippen molar-refractivity contribution in [1.29, 1.82) is 0 Å². The lowest BCUT2D eigenvalue weighted by Gasteiger charge is -2.17. The summed E-state index contributed by atoms with van der Waals surface area (Å²) in [7, 11) is 2.01. The second-order valence-corrected chi connectivity index (χ2v) is 5.71. The minimum Gasteiger partial charge on any atom is -0.302 e. The molecule has 0 atom stereocenters. The second-order valence-electron chi connectivity index (χ2n) is 5.71. The van der Waals surface area contributed by atoms with E-state index in [1.807, 2.05) is 11.7 Å². The average molecular weight is 231 g/mol. The van der Waals surface area contributed by atoms with Crippen LogP contribution in [-0.4, -0.2) is 14.3 Å². The van der Waals surface area contributed by atoms with E-state index in [-0.39, 0.29) is 5.41 Å². The molecule has 0 spiro atoms. The number of rotatable bonds is 1. The molecule has 0 N–H and O–H groups in total. The van der Waals surface area contributed by atoms with E-state index in [4.69, 9.17) is 0 Å². The van der Waals surface area contributed by atoms with Crippen molar-refractivity contribution in [3.8, 4) is 5.82 Å². The lowest BCUT2D eigenvalue weighted by Crippen LogP contribution is -2.16. The van der Waals surface area contributed by atoms with Crippen LogP contribution in [0, 0.1) is 13.8 Å². The summed E-state index contributed by atoms with van der Waals surface area (Å²) in [5.41, 5.74) is 3.82. The van der Waals surface area contributed by atoms with Crippen molar-refractivity contribution >= 4 is 0 Å². The minimum atomic E-state index is 0.120. The molecule has 0 amide bonds. The molecule has 92 valence electrons. The lowest BCUT2D eigenvalue weighted by atomic mass is 9.92. The topological polar surface area (TPSA) is 22.8 Å². The Morgan fingerprint density at radius 1 is 1.06 bits per heavy atom. The highest BCUT2D eigenvalue weighted by Gasteiger charge is 2.20. The predicted octanol–water partition coefficient (Wildman–Crippen LogP) is 3.13. The van der Waals surface area contributed by atoms with E-state index in [1.165, 1.54) is 17.1 Å². The van der Waals surface area contributed by atoms with Gasteiger partial charge in [0.1, 0.15) is 0 Å². The molecule has 2 rings (SSSR count). The Morgan fingerprint density at radius 2 is 1.59 bits per heavy atom. The number of hydrogen-bond acceptors (Lipinski definition) is 1. The largest absolute Gasteiger partial charge is 0.302 e. The SMILES string of the molecule is Cc1ccc(C)n1-c1cc(C(C)(C)C)n(C)n1. The van der Waals surface area contributed by atoms with Crippen molar-refractivity contribution in [3.63, 3.8) is 0 Å². The highest BCUT2D eigenvalue weighted by molar-refractivity contribution is 5.34. The molecule has 0 aromatic carbocycles. The van der Waals surface area contributed by atoms with E-state index in [0.717, 1.165) is 5.82 Å². The highest BCUT2D eigenvalue weighted by Crippen LogP contribution is 2.25. The van der Waals surface area contributed by atoms with Crippen LogP contribution < -0.4 is 0 Å². The first-order valence-electron chi connectivity index (χ1n) is 6.00. The van der Waals surface area contributed by atoms with Gasteiger partial charge < -0.3 is 4.57 Å². The van der Waals surface area contributed by atoms with Crippen LogP contribution in [-0.2, 0) is 12.5 Å². The van der Waals surface area contributed by atoms with Crippen LogP contribution in [0.1, 0.15) is 37.9 Å². The smallest absolute Gasteiger partial charge is 0.159 e. The van der Waals surface area contributed by atoms with Gasteiger partial charge in [-0.1, -0.05) is 20.8 Å². The lowest BCUT2D eigenvalue weighted by molar-refractivity contribution is 0.522. The standard InChI is InChI=1S/C14H21N3/c1-10-7-8-11(2)17(10)13-9-12(14(3,4)5)16(6)15-13/h7-9H,1-6H3. The first-order chi connectivity index (χ1) is 7.80. The normalized spacial score (nSPS) is 12.1. The molecule has 2 aromatic heterocycles. The van der Waals surface area contributed by atoms with Gasteiger partial charge in [-0.2, -0.15) is 5.10 Å². The third-order valence-corrected chi connectivity index (χ3v) is 3.14. The Labute approximate surface area is 103 Å². The van der Waals surface area contributed by atoms with Gasteiger partial charge in [-0.25, -0.2) is 0 Å². The Balaban J connectivity index is 2.56. The fourth-order valence-corrected chi connectivity index (χ4v) is 2.29. The molecule has 3 heteroatoms. The van der Waals surface area contributed by atoms with Gasteiger partial charge in [-0.05, 0) is 26.0 Å². The molecule has 0 aliphatic carbocycles. The van der Waals surface area contributed by atoms with Crippen molar-refractivity contribution < 1.29 is 0 Å². The molecule has 3 nitrogen and oxygen atoms in total. The summed E-state index contributed by atoms with van der Waals surface area (Å²) in [4.78, 5) is 0. The quantitative estimate of drug-likeness (QED) is 0.739. The van der Waals surface area contributed by atoms with Crippen molar-refractivity contribution in [1.82, 2.24) is 14.3 Å². The zero-order valence-electron chi connectivity index (χ0n) is 11.6. The van der Waals surface area contributed by atoms with Crippen LogP contribution in [0.3, 0.4) is 0 Å². The van der Waals surface area contributed by atoms with E-state index in [2.05, 4.69) is 62.5 Å². The van der Waals surface area contributed by atoms with E-state index < -0.39 is 0 Å². The molecule has 0 aliphatic rings. The summed E-state index contributed by atoms with van der Waals surface area (Å²) in [6.07, 6.45) is 0. The van der Waals surface area contributed by atoms with Crippen molar-refractivity contribution in [2.24, 2.45) is 7.05 Å². The van der Waals surface area contributed by atoms with Gasteiger partial charge in [0, 0.05) is 35.6 Å². The molecule has 0 saturated heterocycles. The maximum Gasteiger partial charge on any atom is 0.159 e. The third-order valence-electron chi connectivity index (χ3n) is 3.14. The maximum absolute atomic E-state index is 4.62. The van der Waals surface area contributed by atoms with Gasteiger partial charge in [0.05, 0.1) is 0 Å². The number of nitrogens with zero attached hydrogens (tertiary/aromatic N) is 3. The summed E-state index contributed by atoms with van der Waals surface area (Å²) >= 11 is 0. The molecule has 2 aromatic rings. The first kappa shape index (κ1) is 12.0. The maximum atomic E-state index is 4.62. The molecule has 0 radical (unpaired) electrons. The van der Waals surface area contributed by atoms with Gasteiger partial charge in [-0.15, -0.1) is 0 Å². The number of aromatic nitrogens is 3. The molecule has 2 heterocycles. The van der Waals surface area contributed by atoms with E-state index in [1.54, 1.807) is 0 Å². The molecule has 17 heavy (non-hydrogen) atoms. The average Bonchev–Trinajstić information content (AvgIpc) is 2.69. The Morgan fingerprint density at radius 3 is 2.00 bits per heavy atom. The molecular weight excluding hydrogens is 210 g/mol. The van der Waals surface area contributed by atoms with Crippen molar-refractivity contribution in [2.45, 2.75) is 40.0 Å². The third kappa shape index (κ3) is 2.02. The van der Waals surface area contributed by atoms with E-state index in [0.29, 0.717) is 0 Å². The zero-order chi connectivity index (χ0) is 12.8. The number of aryl methyl sites for hydroxylation is 3. The van der Waals surface area contributed by atoms with Gasteiger partial charge in [0.15, 0.2) is 5.82 Å². The Kier molecular flexibility index (Phi) is 2.64. The van der Waals surface area contributed by atoms with E-state index in [9.17, 15) is 0 Å². The monoisotopic (exact) mass is 231 g/mol. The first-order valence-corrected chi connectivity index (χ1v) is 6.00.